The third-order valence-corrected chi connectivity index (χ3v) is 5.36. The highest BCUT2D eigenvalue weighted by atomic mass is 32.1. The van der Waals surface area contributed by atoms with Gasteiger partial charge in [0.2, 0.25) is 11.7 Å². The van der Waals surface area contributed by atoms with Crippen molar-refractivity contribution in [2.75, 3.05) is 13.2 Å². The number of thiophene rings is 1. The molecule has 0 atom stereocenters. The smallest absolute Gasteiger partial charge is 0.338 e. The van der Waals surface area contributed by atoms with E-state index in [1.807, 2.05) is 13.0 Å². The Bertz CT molecular complexity index is 872. The Labute approximate surface area is 159 Å². The number of aryl methyl sites for hydroxylation is 1. The quantitative estimate of drug-likeness (QED) is 0.448. The van der Waals surface area contributed by atoms with Crippen molar-refractivity contribution in [1.82, 2.24) is 10.2 Å². The zero-order chi connectivity index (χ0) is 19.4. The molecule has 3 amide bonds. The molecule has 1 aromatic carbocycles. The standard InChI is InChI=1S/C19H18N2O5S/c1-2-14-7-8-16(27-14)15(22)11-26-18(24)13-5-3-12(4-6-13)10-21-17(23)9-20-19(21)25/h3-8H,2,9-11H2,1H3,(H,20,25). The number of urea groups is 1. The fourth-order valence-corrected chi connectivity index (χ4v) is 3.42. The van der Waals surface area contributed by atoms with Gasteiger partial charge in [-0.15, -0.1) is 11.3 Å². The number of esters is 1. The fourth-order valence-electron chi connectivity index (χ4n) is 2.55. The van der Waals surface area contributed by atoms with E-state index in [1.165, 1.54) is 11.3 Å². The van der Waals surface area contributed by atoms with E-state index in [4.69, 9.17) is 4.74 Å². The highest BCUT2D eigenvalue weighted by Gasteiger charge is 2.28. The Hall–Kier alpha value is -3.00. The van der Waals surface area contributed by atoms with Gasteiger partial charge < -0.3 is 10.1 Å². The summed E-state index contributed by atoms with van der Waals surface area (Å²) < 4.78 is 5.08. The Morgan fingerprint density at radius 3 is 2.48 bits per heavy atom. The molecule has 0 bridgehead atoms. The van der Waals surface area contributed by atoms with Crippen molar-refractivity contribution in [2.45, 2.75) is 19.9 Å². The van der Waals surface area contributed by atoms with Crippen molar-refractivity contribution in [2.24, 2.45) is 0 Å². The first kappa shape index (κ1) is 18.8. The molecule has 27 heavy (non-hydrogen) atoms. The maximum absolute atomic E-state index is 12.1. The van der Waals surface area contributed by atoms with Crippen LogP contribution in [0.15, 0.2) is 36.4 Å². The van der Waals surface area contributed by atoms with Crippen LogP contribution in [0.3, 0.4) is 0 Å². The van der Waals surface area contributed by atoms with E-state index in [-0.39, 0.29) is 31.4 Å². The van der Waals surface area contributed by atoms with Crippen LogP contribution in [0.5, 0.6) is 0 Å². The van der Waals surface area contributed by atoms with E-state index in [9.17, 15) is 19.2 Å². The van der Waals surface area contributed by atoms with Crippen LogP contribution >= 0.6 is 11.3 Å². The lowest BCUT2D eigenvalue weighted by Crippen LogP contribution is -2.30. The lowest BCUT2D eigenvalue weighted by atomic mass is 10.1. The lowest BCUT2D eigenvalue weighted by molar-refractivity contribution is -0.125. The van der Waals surface area contributed by atoms with Crippen LogP contribution in [0.4, 0.5) is 4.79 Å². The van der Waals surface area contributed by atoms with Gasteiger partial charge in [-0.2, -0.15) is 0 Å². The van der Waals surface area contributed by atoms with Gasteiger partial charge >= 0.3 is 12.0 Å². The Kier molecular flexibility index (Phi) is 5.66. The zero-order valence-corrected chi connectivity index (χ0v) is 15.5. The van der Waals surface area contributed by atoms with Gasteiger partial charge in [-0.05, 0) is 36.2 Å². The Morgan fingerprint density at radius 1 is 1.15 bits per heavy atom. The van der Waals surface area contributed by atoms with Gasteiger partial charge in [-0.3, -0.25) is 14.5 Å². The number of carbonyl (C=O) groups excluding carboxylic acids is 4. The molecule has 0 aliphatic carbocycles. The topological polar surface area (TPSA) is 92.8 Å². The first-order chi connectivity index (χ1) is 13.0. The summed E-state index contributed by atoms with van der Waals surface area (Å²) in [5.41, 5.74) is 1.00. The number of amides is 3. The average molecular weight is 386 g/mol. The molecule has 1 aliphatic rings. The zero-order valence-electron chi connectivity index (χ0n) is 14.7. The van der Waals surface area contributed by atoms with Crippen LogP contribution in [0, 0.1) is 0 Å². The molecule has 0 saturated carbocycles. The molecular formula is C19H18N2O5S. The molecule has 2 aromatic rings. The molecule has 1 aliphatic heterocycles. The second-order valence-electron chi connectivity index (χ2n) is 5.95. The van der Waals surface area contributed by atoms with E-state index in [0.29, 0.717) is 16.0 Å². The minimum absolute atomic E-state index is 0.00125. The number of ether oxygens (including phenoxy) is 1. The summed E-state index contributed by atoms with van der Waals surface area (Å²) in [6.45, 7) is 1.83. The summed E-state index contributed by atoms with van der Waals surface area (Å²) in [4.78, 5) is 50.1. The molecule has 140 valence electrons. The van der Waals surface area contributed by atoms with E-state index < -0.39 is 12.0 Å². The fraction of sp³-hybridized carbons (Fsp3) is 0.263. The first-order valence-corrected chi connectivity index (χ1v) is 9.25. The van der Waals surface area contributed by atoms with Crippen molar-refractivity contribution >= 4 is 35.0 Å². The molecule has 2 heterocycles. The second-order valence-corrected chi connectivity index (χ2v) is 7.12. The van der Waals surface area contributed by atoms with Gasteiger partial charge in [0.1, 0.15) is 0 Å². The third kappa shape index (κ3) is 4.40. The van der Waals surface area contributed by atoms with Crippen molar-refractivity contribution in [3.63, 3.8) is 0 Å². The molecule has 0 radical (unpaired) electrons. The van der Waals surface area contributed by atoms with Gasteiger partial charge in [0.05, 0.1) is 23.5 Å². The maximum Gasteiger partial charge on any atom is 0.338 e. The molecule has 3 rings (SSSR count). The van der Waals surface area contributed by atoms with Gasteiger partial charge in [-0.25, -0.2) is 9.59 Å². The number of nitrogens with zero attached hydrogens (tertiary/aromatic N) is 1. The van der Waals surface area contributed by atoms with Crippen LogP contribution < -0.4 is 5.32 Å². The SMILES string of the molecule is CCc1ccc(C(=O)COC(=O)c2ccc(CN3C(=O)CNC3=O)cc2)s1. The summed E-state index contributed by atoms with van der Waals surface area (Å²) in [5, 5.41) is 2.45. The molecular weight excluding hydrogens is 368 g/mol. The number of Topliss-reactive ketones (excluding diaryl/α,β-unsaturated/α-hetero) is 1. The second kappa shape index (κ2) is 8.13. The predicted molar refractivity (Wildman–Crippen MR) is 98.7 cm³/mol. The number of rotatable bonds is 7. The molecule has 8 heteroatoms. The van der Waals surface area contributed by atoms with Crippen LogP contribution in [0.25, 0.3) is 0 Å². The molecule has 0 unspecified atom stereocenters. The minimum Gasteiger partial charge on any atom is -0.454 e. The number of hydrogen-bond donors (Lipinski definition) is 1. The van der Waals surface area contributed by atoms with Crippen molar-refractivity contribution in [1.29, 1.82) is 0 Å². The number of hydrogen-bond acceptors (Lipinski definition) is 6. The van der Waals surface area contributed by atoms with Crippen LogP contribution in [0.2, 0.25) is 0 Å². The highest BCUT2D eigenvalue weighted by Crippen LogP contribution is 2.18. The van der Waals surface area contributed by atoms with Gasteiger partial charge in [0.25, 0.3) is 0 Å². The van der Waals surface area contributed by atoms with Crippen molar-refractivity contribution in [3.05, 3.63) is 57.3 Å². The first-order valence-electron chi connectivity index (χ1n) is 8.44. The molecule has 1 saturated heterocycles. The van der Waals surface area contributed by atoms with E-state index in [2.05, 4.69) is 5.32 Å². The van der Waals surface area contributed by atoms with E-state index in [0.717, 1.165) is 16.2 Å². The monoisotopic (exact) mass is 386 g/mol. The summed E-state index contributed by atoms with van der Waals surface area (Å²) in [6, 6.07) is 9.58. The Morgan fingerprint density at radius 2 is 1.89 bits per heavy atom. The summed E-state index contributed by atoms with van der Waals surface area (Å²) in [5.74, 6) is -1.12. The minimum atomic E-state index is -0.600. The predicted octanol–water partition coefficient (Wildman–Crippen LogP) is 2.40. The van der Waals surface area contributed by atoms with Gasteiger partial charge in [0.15, 0.2) is 6.61 Å². The largest absolute Gasteiger partial charge is 0.454 e. The van der Waals surface area contributed by atoms with Crippen LogP contribution in [0.1, 0.15) is 37.4 Å². The van der Waals surface area contributed by atoms with Gasteiger partial charge in [-0.1, -0.05) is 19.1 Å². The molecule has 1 fully saturated rings. The number of ketones is 1. The average Bonchev–Trinajstić information content (AvgIpc) is 3.28. The van der Waals surface area contributed by atoms with Crippen LogP contribution in [-0.2, 0) is 22.5 Å². The van der Waals surface area contributed by atoms with Crippen LogP contribution in [-0.4, -0.2) is 41.7 Å². The van der Waals surface area contributed by atoms with E-state index >= 15 is 0 Å². The highest BCUT2D eigenvalue weighted by molar-refractivity contribution is 7.14. The lowest BCUT2D eigenvalue weighted by Gasteiger charge is -2.12. The number of nitrogens with one attached hydrogen (secondary N) is 1. The third-order valence-electron chi connectivity index (χ3n) is 4.09. The van der Waals surface area contributed by atoms with E-state index in [1.54, 1.807) is 30.3 Å². The van der Waals surface area contributed by atoms with Crippen molar-refractivity contribution in [3.8, 4) is 0 Å². The molecule has 0 spiro atoms. The number of benzene rings is 1. The maximum atomic E-state index is 12.1. The number of imide groups is 1. The van der Waals surface area contributed by atoms with Crippen molar-refractivity contribution < 1.29 is 23.9 Å². The van der Waals surface area contributed by atoms with Gasteiger partial charge in [0, 0.05) is 4.88 Å². The summed E-state index contributed by atoms with van der Waals surface area (Å²) in [6.07, 6.45) is 0.856. The number of carbonyl (C=O) groups is 4. The summed E-state index contributed by atoms with van der Waals surface area (Å²) >= 11 is 1.40. The molecule has 1 aromatic heterocycles. The Balaban J connectivity index is 1.55. The molecule has 1 N–H and O–H groups in total. The molecule has 7 nitrogen and oxygen atoms in total. The summed E-state index contributed by atoms with van der Waals surface area (Å²) in [7, 11) is 0. The normalized spacial score (nSPS) is 13.6.